The van der Waals surface area contributed by atoms with E-state index in [0.717, 1.165) is 40.9 Å². The summed E-state index contributed by atoms with van der Waals surface area (Å²) in [4.78, 5) is 15.8. The molecule has 1 aromatic heterocycles. The van der Waals surface area contributed by atoms with E-state index in [1.54, 1.807) is 12.1 Å². The average Bonchev–Trinajstić information content (AvgIpc) is 2.58. The molecule has 0 spiro atoms. The fourth-order valence-electron chi connectivity index (χ4n) is 3.00. The van der Waals surface area contributed by atoms with Gasteiger partial charge >= 0.3 is 5.97 Å². The van der Waals surface area contributed by atoms with E-state index in [4.69, 9.17) is 4.74 Å². The first-order chi connectivity index (χ1) is 12.3. The van der Waals surface area contributed by atoms with Crippen molar-refractivity contribution >= 4 is 11.7 Å². The Morgan fingerprint density at radius 3 is 2.19 bits per heavy atom. The minimum absolute atomic E-state index is 0.261. The third kappa shape index (κ3) is 4.34. The summed E-state index contributed by atoms with van der Waals surface area (Å²) in [6.07, 6.45) is 2.09. The summed E-state index contributed by atoms with van der Waals surface area (Å²) in [7, 11) is 0. The maximum atomic E-state index is 11.2. The Morgan fingerprint density at radius 2 is 1.69 bits per heavy atom. The summed E-state index contributed by atoms with van der Waals surface area (Å²) < 4.78 is 6.13. The number of rotatable bonds is 7. The Kier molecular flexibility index (Phi) is 6.24. The molecule has 0 saturated carbocycles. The van der Waals surface area contributed by atoms with Gasteiger partial charge in [0.1, 0.15) is 5.75 Å². The number of hydrogen-bond donors (Lipinski definition) is 2. The summed E-state index contributed by atoms with van der Waals surface area (Å²) in [5.74, 6) is 0.265. The van der Waals surface area contributed by atoms with Crippen molar-refractivity contribution in [2.45, 2.75) is 60.4 Å². The Bertz CT molecular complexity index is 788. The maximum absolute atomic E-state index is 11.2. The molecule has 2 N–H and O–H groups in total. The van der Waals surface area contributed by atoms with Gasteiger partial charge in [-0.25, -0.2) is 9.78 Å². The SMILES string of the molecule is CCC(CC)Nc1cc(C)nc(Oc2c(C)cc(C(=O)O)cc2C)c1C. The van der Waals surface area contributed by atoms with Crippen molar-refractivity contribution in [2.75, 3.05) is 5.32 Å². The predicted molar refractivity (Wildman–Crippen MR) is 105 cm³/mol. The van der Waals surface area contributed by atoms with Crippen molar-refractivity contribution < 1.29 is 14.6 Å². The topological polar surface area (TPSA) is 71.5 Å². The number of pyridine rings is 1. The van der Waals surface area contributed by atoms with E-state index in [2.05, 4.69) is 24.1 Å². The van der Waals surface area contributed by atoms with E-state index >= 15 is 0 Å². The molecule has 0 unspecified atom stereocenters. The van der Waals surface area contributed by atoms with Gasteiger partial charge in [0.25, 0.3) is 0 Å². The monoisotopic (exact) mass is 356 g/mol. The minimum atomic E-state index is -0.940. The van der Waals surface area contributed by atoms with Crippen LogP contribution < -0.4 is 10.1 Å². The van der Waals surface area contributed by atoms with Gasteiger partial charge in [0.05, 0.1) is 5.56 Å². The van der Waals surface area contributed by atoms with E-state index < -0.39 is 5.97 Å². The van der Waals surface area contributed by atoms with Crippen molar-refractivity contribution in [1.82, 2.24) is 4.98 Å². The van der Waals surface area contributed by atoms with Crippen LogP contribution in [0.5, 0.6) is 11.6 Å². The lowest BCUT2D eigenvalue weighted by molar-refractivity contribution is 0.0696. The van der Waals surface area contributed by atoms with Crippen LogP contribution in [0.4, 0.5) is 5.69 Å². The molecule has 26 heavy (non-hydrogen) atoms. The highest BCUT2D eigenvalue weighted by molar-refractivity contribution is 5.88. The lowest BCUT2D eigenvalue weighted by Gasteiger charge is -2.20. The number of benzene rings is 1. The van der Waals surface area contributed by atoms with Crippen LogP contribution in [0.3, 0.4) is 0 Å². The third-order valence-corrected chi connectivity index (χ3v) is 4.61. The fourth-order valence-corrected chi connectivity index (χ4v) is 3.00. The number of carboxylic acids is 1. The molecule has 0 atom stereocenters. The number of carboxylic acid groups (broad SMARTS) is 1. The highest BCUT2D eigenvalue weighted by atomic mass is 16.5. The van der Waals surface area contributed by atoms with Gasteiger partial charge in [0, 0.05) is 23.0 Å². The molecule has 0 amide bonds. The molecular weight excluding hydrogens is 328 g/mol. The van der Waals surface area contributed by atoms with Gasteiger partial charge in [-0.15, -0.1) is 0 Å². The summed E-state index contributed by atoms with van der Waals surface area (Å²) in [6, 6.07) is 5.69. The zero-order valence-corrected chi connectivity index (χ0v) is 16.4. The van der Waals surface area contributed by atoms with Crippen LogP contribution in [-0.2, 0) is 0 Å². The number of aryl methyl sites for hydroxylation is 3. The molecule has 0 aliphatic rings. The molecule has 2 aromatic rings. The van der Waals surface area contributed by atoms with Crippen molar-refractivity contribution in [3.8, 4) is 11.6 Å². The van der Waals surface area contributed by atoms with Crippen LogP contribution in [-0.4, -0.2) is 22.1 Å². The molecule has 140 valence electrons. The van der Waals surface area contributed by atoms with Gasteiger partial charge in [-0.3, -0.25) is 0 Å². The molecule has 1 heterocycles. The second kappa shape index (κ2) is 8.21. The van der Waals surface area contributed by atoms with Crippen LogP contribution in [0, 0.1) is 27.7 Å². The van der Waals surface area contributed by atoms with Gasteiger partial charge in [-0.1, -0.05) is 13.8 Å². The van der Waals surface area contributed by atoms with E-state index in [9.17, 15) is 9.90 Å². The standard InChI is InChI=1S/C21H28N2O3/c1-7-17(8-2)23-18-11-14(5)22-20(15(18)6)26-19-12(3)9-16(21(24)25)10-13(19)4/h9-11,17H,7-8H2,1-6H3,(H,22,23)(H,24,25). The first-order valence-electron chi connectivity index (χ1n) is 9.03. The molecule has 1 aromatic carbocycles. The lowest BCUT2D eigenvalue weighted by atomic mass is 10.1. The molecule has 0 aliphatic heterocycles. The Balaban J connectivity index is 2.41. The number of aromatic nitrogens is 1. The van der Waals surface area contributed by atoms with Crippen molar-refractivity contribution in [1.29, 1.82) is 0 Å². The van der Waals surface area contributed by atoms with Gasteiger partial charge < -0.3 is 15.2 Å². The van der Waals surface area contributed by atoms with Crippen molar-refractivity contribution in [3.05, 3.63) is 46.1 Å². The van der Waals surface area contributed by atoms with E-state index in [0.29, 0.717) is 17.7 Å². The normalized spacial score (nSPS) is 10.9. The predicted octanol–water partition coefficient (Wildman–Crippen LogP) is 5.41. The van der Waals surface area contributed by atoms with Crippen LogP contribution in [0.15, 0.2) is 18.2 Å². The van der Waals surface area contributed by atoms with E-state index in [-0.39, 0.29) is 5.56 Å². The largest absolute Gasteiger partial charge is 0.478 e. The number of hydrogen-bond acceptors (Lipinski definition) is 4. The molecule has 5 nitrogen and oxygen atoms in total. The number of aromatic carboxylic acids is 1. The Labute approximate surface area is 155 Å². The summed E-state index contributed by atoms with van der Waals surface area (Å²) in [5, 5.41) is 12.8. The van der Waals surface area contributed by atoms with Gasteiger partial charge in [-0.05, 0) is 69.9 Å². The fraction of sp³-hybridized carbons (Fsp3) is 0.429. The first kappa shape index (κ1) is 19.8. The van der Waals surface area contributed by atoms with Crippen LogP contribution in [0.25, 0.3) is 0 Å². The second-order valence-corrected chi connectivity index (χ2v) is 6.75. The molecule has 5 heteroatoms. The van der Waals surface area contributed by atoms with Crippen molar-refractivity contribution in [2.24, 2.45) is 0 Å². The number of nitrogens with zero attached hydrogens (tertiary/aromatic N) is 1. The molecular formula is C21H28N2O3. The van der Waals surface area contributed by atoms with Gasteiger partial charge in [0.2, 0.25) is 5.88 Å². The average molecular weight is 356 g/mol. The Morgan fingerprint density at radius 1 is 1.12 bits per heavy atom. The number of carbonyl (C=O) groups is 1. The maximum Gasteiger partial charge on any atom is 0.335 e. The first-order valence-corrected chi connectivity index (χ1v) is 9.03. The number of nitrogens with one attached hydrogen (secondary N) is 1. The smallest absolute Gasteiger partial charge is 0.335 e. The summed E-state index contributed by atoms with van der Waals surface area (Å²) >= 11 is 0. The van der Waals surface area contributed by atoms with Gasteiger partial charge in [0.15, 0.2) is 0 Å². The quantitative estimate of drug-likeness (QED) is 0.694. The van der Waals surface area contributed by atoms with Crippen molar-refractivity contribution in [3.63, 3.8) is 0 Å². The highest BCUT2D eigenvalue weighted by Gasteiger charge is 2.16. The Hall–Kier alpha value is -2.56. The second-order valence-electron chi connectivity index (χ2n) is 6.75. The summed E-state index contributed by atoms with van der Waals surface area (Å²) in [6.45, 7) is 12.0. The van der Waals surface area contributed by atoms with Crippen LogP contribution >= 0.6 is 0 Å². The van der Waals surface area contributed by atoms with Crippen LogP contribution in [0.1, 0.15) is 59.4 Å². The third-order valence-electron chi connectivity index (χ3n) is 4.61. The summed E-state index contributed by atoms with van der Waals surface area (Å²) in [5.41, 5.74) is 4.66. The number of anilines is 1. The molecule has 0 bridgehead atoms. The van der Waals surface area contributed by atoms with Gasteiger partial charge in [-0.2, -0.15) is 0 Å². The molecule has 0 radical (unpaired) electrons. The van der Waals surface area contributed by atoms with E-state index in [1.807, 2.05) is 33.8 Å². The van der Waals surface area contributed by atoms with Crippen LogP contribution in [0.2, 0.25) is 0 Å². The lowest BCUT2D eigenvalue weighted by Crippen LogP contribution is -2.18. The van der Waals surface area contributed by atoms with E-state index in [1.165, 1.54) is 0 Å². The molecule has 0 fully saturated rings. The zero-order chi connectivity index (χ0) is 19.4. The zero-order valence-electron chi connectivity index (χ0n) is 16.4. The molecule has 0 aliphatic carbocycles. The number of ether oxygens (including phenoxy) is 1. The molecule has 0 saturated heterocycles. The minimum Gasteiger partial charge on any atom is -0.478 e. The molecule has 2 rings (SSSR count). The highest BCUT2D eigenvalue weighted by Crippen LogP contribution is 2.33.